The summed E-state index contributed by atoms with van der Waals surface area (Å²) in [6, 6.07) is 14.3. The van der Waals surface area contributed by atoms with Gasteiger partial charge in [-0.05, 0) is 60.7 Å². The number of nitrogens with zero attached hydrogens (tertiary/aromatic N) is 2. The Balaban J connectivity index is 1.36. The first-order chi connectivity index (χ1) is 14.4. The molecule has 1 heterocycles. The maximum atomic E-state index is 13.0. The highest BCUT2D eigenvalue weighted by atomic mass is 16.2. The van der Waals surface area contributed by atoms with Gasteiger partial charge in [0.25, 0.3) is 5.91 Å². The molecule has 3 amide bonds. The Hall–Kier alpha value is -3.41. The molecule has 2 aromatic carbocycles. The Bertz CT molecular complexity index is 1040. The average molecular weight is 401 g/mol. The van der Waals surface area contributed by atoms with Crippen LogP contribution in [0.15, 0.2) is 60.7 Å². The second kappa shape index (κ2) is 6.83. The summed E-state index contributed by atoms with van der Waals surface area (Å²) >= 11 is 0. The van der Waals surface area contributed by atoms with Crippen LogP contribution in [-0.2, 0) is 9.59 Å². The van der Waals surface area contributed by atoms with Crippen LogP contribution in [0.5, 0.6) is 0 Å². The SMILES string of the molecule is CN(C)c1ccc(NC(=O)c2cccc(N3C(=O)[C@@H]4[C@@H](C3=O)[C@H]3C=C[C@H]4C3)c2)cc1. The smallest absolute Gasteiger partial charge is 0.255 e. The molecule has 152 valence electrons. The van der Waals surface area contributed by atoms with Gasteiger partial charge in [0.15, 0.2) is 0 Å². The van der Waals surface area contributed by atoms with Crippen molar-refractivity contribution < 1.29 is 14.4 Å². The summed E-state index contributed by atoms with van der Waals surface area (Å²) in [6.45, 7) is 0. The summed E-state index contributed by atoms with van der Waals surface area (Å²) in [7, 11) is 3.91. The van der Waals surface area contributed by atoms with Gasteiger partial charge < -0.3 is 10.2 Å². The number of hydrogen-bond donors (Lipinski definition) is 1. The van der Waals surface area contributed by atoms with Crippen LogP contribution < -0.4 is 15.1 Å². The topological polar surface area (TPSA) is 69.7 Å². The molecule has 2 aromatic rings. The lowest BCUT2D eigenvalue weighted by atomic mass is 9.85. The zero-order valence-corrected chi connectivity index (χ0v) is 16.9. The first-order valence-corrected chi connectivity index (χ1v) is 10.2. The molecule has 1 saturated heterocycles. The monoisotopic (exact) mass is 401 g/mol. The summed E-state index contributed by atoms with van der Waals surface area (Å²) in [5, 5.41) is 2.87. The van der Waals surface area contributed by atoms with E-state index in [-0.39, 0.29) is 41.4 Å². The zero-order valence-electron chi connectivity index (χ0n) is 16.9. The van der Waals surface area contributed by atoms with Gasteiger partial charge in [-0.1, -0.05) is 18.2 Å². The van der Waals surface area contributed by atoms with E-state index in [1.165, 1.54) is 4.90 Å². The largest absolute Gasteiger partial charge is 0.378 e. The Morgan fingerprint density at radius 3 is 2.20 bits per heavy atom. The highest BCUT2D eigenvalue weighted by molar-refractivity contribution is 6.23. The van der Waals surface area contributed by atoms with Gasteiger partial charge >= 0.3 is 0 Å². The van der Waals surface area contributed by atoms with Crippen molar-refractivity contribution in [3.05, 3.63) is 66.2 Å². The first-order valence-electron chi connectivity index (χ1n) is 10.2. The average Bonchev–Trinajstić information content (AvgIpc) is 3.42. The number of nitrogens with one attached hydrogen (secondary N) is 1. The third kappa shape index (κ3) is 2.83. The van der Waals surface area contributed by atoms with Crippen LogP contribution in [0.3, 0.4) is 0 Å². The van der Waals surface area contributed by atoms with Crippen LogP contribution >= 0.6 is 0 Å². The second-order valence-corrected chi connectivity index (χ2v) is 8.46. The summed E-state index contributed by atoms with van der Waals surface area (Å²) in [5.41, 5.74) is 2.59. The van der Waals surface area contributed by atoms with Crippen molar-refractivity contribution >= 4 is 34.8 Å². The van der Waals surface area contributed by atoms with Gasteiger partial charge in [0, 0.05) is 31.0 Å². The molecule has 2 bridgehead atoms. The number of carbonyl (C=O) groups is 3. The number of benzene rings is 2. The molecule has 2 aliphatic carbocycles. The van der Waals surface area contributed by atoms with Gasteiger partial charge in [0.05, 0.1) is 17.5 Å². The molecule has 4 atom stereocenters. The summed E-state index contributed by atoms with van der Waals surface area (Å²) in [4.78, 5) is 42.0. The van der Waals surface area contributed by atoms with Crippen LogP contribution in [0.2, 0.25) is 0 Å². The predicted molar refractivity (Wildman–Crippen MR) is 115 cm³/mol. The molecule has 30 heavy (non-hydrogen) atoms. The van der Waals surface area contributed by atoms with Gasteiger partial charge in [-0.15, -0.1) is 0 Å². The van der Waals surface area contributed by atoms with E-state index in [9.17, 15) is 14.4 Å². The van der Waals surface area contributed by atoms with Gasteiger partial charge in [0.2, 0.25) is 11.8 Å². The Morgan fingerprint density at radius 1 is 0.967 bits per heavy atom. The van der Waals surface area contributed by atoms with Crippen molar-refractivity contribution in [2.45, 2.75) is 6.42 Å². The normalized spacial score (nSPS) is 26.3. The fraction of sp³-hybridized carbons (Fsp3) is 0.292. The maximum Gasteiger partial charge on any atom is 0.255 e. The quantitative estimate of drug-likeness (QED) is 0.630. The molecule has 0 spiro atoms. The van der Waals surface area contributed by atoms with E-state index in [1.54, 1.807) is 24.3 Å². The fourth-order valence-electron chi connectivity index (χ4n) is 4.99. The molecule has 1 N–H and O–H groups in total. The number of anilines is 3. The van der Waals surface area contributed by atoms with Gasteiger partial charge in [-0.3, -0.25) is 14.4 Å². The predicted octanol–water partition coefficient (Wildman–Crippen LogP) is 3.32. The van der Waals surface area contributed by atoms with E-state index < -0.39 is 0 Å². The van der Waals surface area contributed by atoms with E-state index >= 15 is 0 Å². The minimum atomic E-state index is -0.282. The molecule has 0 aromatic heterocycles. The molecule has 6 nitrogen and oxygen atoms in total. The highest BCUT2D eigenvalue weighted by Gasteiger charge is 2.59. The lowest BCUT2D eigenvalue weighted by Crippen LogP contribution is -2.33. The minimum Gasteiger partial charge on any atom is -0.378 e. The molecule has 0 radical (unpaired) electrons. The van der Waals surface area contributed by atoms with Crippen LogP contribution in [0, 0.1) is 23.7 Å². The van der Waals surface area contributed by atoms with E-state index in [1.807, 2.05) is 43.3 Å². The molecule has 1 aliphatic heterocycles. The summed E-state index contributed by atoms with van der Waals surface area (Å²) in [6.07, 6.45) is 5.05. The van der Waals surface area contributed by atoms with E-state index in [4.69, 9.17) is 0 Å². The number of rotatable bonds is 4. The van der Waals surface area contributed by atoms with Gasteiger partial charge in [-0.2, -0.15) is 0 Å². The van der Waals surface area contributed by atoms with E-state index in [2.05, 4.69) is 17.5 Å². The molecule has 0 unspecified atom stereocenters. The van der Waals surface area contributed by atoms with Crippen LogP contribution in [-0.4, -0.2) is 31.8 Å². The minimum absolute atomic E-state index is 0.140. The fourth-order valence-corrected chi connectivity index (χ4v) is 4.99. The van der Waals surface area contributed by atoms with Crippen LogP contribution in [0.1, 0.15) is 16.8 Å². The van der Waals surface area contributed by atoms with Crippen molar-refractivity contribution in [1.82, 2.24) is 0 Å². The Labute approximate surface area is 175 Å². The molecule has 6 heteroatoms. The molecular formula is C24H23N3O3. The van der Waals surface area contributed by atoms with Crippen molar-refractivity contribution in [2.24, 2.45) is 23.7 Å². The molecule has 1 saturated carbocycles. The van der Waals surface area contributed by atoms with Crippen molar-refractivity contribution in [3.63, 3.8) is 0 Å². The number of amides is 3. The van der Waals surface area contributed by atoms with E-state index in [0.717, 1.165) is 12.1 Å². The zero-order chi connectivity index (χ0) is 21.0. The maximum absolute atomic E-state index is 13.0. The number of hydrogen-bond acceptors (Lipinski definition) is 4. The van der Waals surface area contributed by atoms with Crippen LogP contribution in [0.4, 0.5) is 17.1 Å². The van der Waals surface area contributed by atoms with Gasteiger partial charge in [-0.25, -0.2) is 4.90 Å². The third-order valence-electron chi connectivity index (χ3n) is 6.48. The standard InChI is InChI=1S/C24H23N3O3/c1-26(2)18-10-8-17(9-11-18)25-22(28)16-4-3-5-19(13-16)27-23(29)20-14-6-7-15(12-14)21(20)24(27)30/h3-11,13-15,20-21H,12H2,1-2H3,(H,25,28)/t14-,15-,20-,21-/m0/s1. The van der Waals surface area contributed by atoms with Crippen LogP contribution in [0.25, 0.3) is 0 Å². The molecule has 5 rings (SSSR count). The Morgan fingerprint density at radius 2 is 1.60 bits per heavy atom. The van der Waals surface area contributed by atoms with Gasteiger partial charge in [0.1, 0.15) is 0 Å². The number of imide groups is 1. The third-order valence-corrected chi connectivity index (χ3v) is 6.48. The second-order valence-electron chi connectivity index (χ2n) is 8.46. The number of allylic oxidation sites excluding steroid dienone is 2. The lowest BCUT2D eigenvalue weighted by molar-refractivity contribution is -0.123. The molecule has 2 fully saturated rings. The number of carbonyl (C=O) groups excluding carboxylic acids is 3. The lowest BCUT2D eigenvalue weighted by Gasteiger charge is -2.18. The van der Waals surface area contributed by atoms with Crippen molar-refractivity contribution in [2.75, 3.05) is 29.2 Å². The first kappa shape index (κ1) is 18.6. The summed E-state index contributed by atoms with van der Waals surface area (Å²) in [5.74, 6) is -0.732. The molecule has 3 aliphatic rings. The van der Waals surface area contributed by atoms with Crippen molar-refractivity contribution in [3.8, 4) is 0 Å². The van der Waals surface area contributed by atoms with E-state index in [0.29, 0.717) is 16.9 Å². The summed E-state index contributed by atoms with van der Waals surface area (Å²) < 4.78 is 0. The highest BCUT2D eigenvalue weighted by Crippen LogP contribution is 2.53. The molecular weight excluding hydrogens is 378 g/mol. The van der Waals surface area contributed by atoms with Crippen molar-refractivity contribution in [1.29, 1.82) is 0 Å². The number of fused-ring (bicyclic) bond motifs is 5. The Kier molecular flexibility index (Phi) is 4.24.